The number of rotatable bonds is 9. The molecule has 5 heteroatoms. The molecule has 15 heavy (non-hydrogen) atoms. The number of carbonyl (C=O) groups excluding carboxylic acids is 1. The molecule has 88 valence electrons. The maximum atomic E-state index is 10.9. The van der Waals surface area contributed by atoms with Crippen molar-refractivity contribution in [2.75, 3.05) is 40.3 Å². The van der Waals surface area contributed by atoms with E-state index in [1.165, 1.54) is 0 Å². The van der Waals surface area contributed by atoms with Crippen molar-refractivity contribution in [3.63, 3.8) is 0 Å². The molecule has 0 heterocycles. The summed E-state index contributed by atoms with van der Waals surface area (Å²) in [5.41, 5.74) is 0.356. The summed E-state index contributed by atoms with van der Waals surface area (Å²) in [5.74, 6) is -0.449. The number of ether oxygens (including phenoxy) is 4. The third kappa shape index (κ3) is 9.40. The van der Waals surface area contributed by atoms with E-state index in [4.69, 9.17) is 18.9 Å². The highest BCUT2D eigenvalue weighted by atomic mass is 16.7. The molecule has 0 saturated heterocycles. The Bertz CT molecular complexity index is 190. The Balaban J connectivity index is 3.11. The van der Waals surface area contributed by atoms with Crippen LogP contribution >= 0.6 is 0 Å². The Morgan fingerprint density at radius 3 is 2.33 bits per heavy atom. The lowest BCUT2D eigenvalue weighted by atomic mass is 10.4. The summed E-state index contributed by atoms with van der Waals surface area (Å²) in [6.07, 6.45) is 0. The molecule has 0 aliphatic heterocycles. The highest BCUT2D eigenvalue weighted by Gasteiger charge is 2.01. The fourth-order valence-corrected chi connectivity index (χ4v) is 0.639. The van der Waals surface area contributed by atoms with Crippen molar-refractivity contribution in [3.05, 3.63) is 12.2 Å². The lowest BCUT2D eigenvalue weighted by molar-refractivity contribution is -0.152. The molecule has 0 aliphatic carbocycles. The Labute approximate surface area is 89.9 Å². The van der Waals surface area contributed by atoms with Crippen molar-refractivity contribution in [1.82, 2.24) is 0 Å². The lowest BCUT2D eigenvalue weighted by Crippen LogP contribution is -2.12. The van der Waals surface area contributed by atoms with Gasteiger partial charge in [-0.2, -0.15) is 0 Å². The van der Waals surface area contributed by atoms with Gasteiger partial charge in [-0.05, 0) is 6.92 Å². The summed E-state index contributed by atoms with van der Waals surface area (Å²) in [6.45, 7) is 6.87. The van der Waals surface area contributed by atoms with Gasteiger partial charge in [-0.25, -0.2) is 4.79 Å². The lowest BCUT2D eigenvalue weighted by Gasteiger charge is -2.06. The van der Waals surface area contributed by atoms with Crippen molar-refractivity contribution >= 4 is 5.97 Å². The molecule has 0 aromatic rings. The molecule has 0 amide bonds. The number of hydrogen-bond donors (Lipinski definition) is 0. The van der Waals surface area contributed by atoms with Crippen LogP contribution in [0.2, 0.25) is 0 Å². The number of hydrogen-bond acceptors (Lipinski definition) is 5. The fraction of sp³-hybridized carbons (Fsp3) is 0.700. The van der Waals surface area contributed by atoms with E-state index in [1.54, 1.807) is 14.0 Å². The van der Waals surface area contributed by atoms with E-state index in [0.29, 0.717) is 32.0 Å². The van der Waals surface area contributed by atoms with Crippen LogP contribution in [0.25, 0.3) is 0 Å². The van der Waals surface area contributed by atoms with Crippen molar-refractivity contribution < 1.29 is 23.7 Å². The molecule has 0 unspecified atom stereocenters. The normalized spacial score (nSPS) is 10.0. The van der Waals surface area contributed by atoms with Crippen LogP contribution in [0.5, 0.6) is 0 Å². The molecule has 0 radical (unpaired) electrons. The second kappa shape index (κ2) is 9.64. The predicted octanol–water partition coefficient (Wildman–Crippen LogP) is 0.743. The minimum Gasteiger partial charge on any atom is -0.435 e. The van der Waals surface area contributed by atoms with Gasteiger partial charge < -0.3 is 18.9 Å². The molecule has 0 saturated carbocycles. The molecule has 0 N–H and O–H groups in total. The van der Waals surface area contributed by atoms with E-state index in [9.17, 15) is 4.79 Å². The molecule has 0 aromatic carbocycles. The molecule has 5 nitrogen and oxygen atoms in total. The van der Waals surface area contributed by atoms with Crippen molar-refractivity contribution in [2.24, 2.45) is 0 Å². The van der Waals surface area contributed by atoms with Gasteiger partial charge in [0.15, 0.2) is 6.79 Å². The average molecular weight is 218 g/mol. The fourth-order valence-electron chi connectivity index (χ4n) is 0.639. The number of methoxy groups -OCH3 is 1. The smallest absolute Gasteiger partial charge is 0.335 e. The first-order chi connectivity index (χ1) is 7.18. The molecular weight excluding hydrogens is 200 g/mol. The van der Waals surface area contributed by atoms with Crippen LogP contribution in [0, 0.1) is 0 Å². The van der Waals surface area contributed by atoms with Gasteiger partial charge in [0.2, 0.25) is 0 Å². The van der Waals surface area contributed by atoms with Gasteiger partial charge >= 0.3 is 5.97 Å². The maximum absolute atomic E-state index is 10.9. The second-order valence-corrected chi connectivity index (χ2v) is 2.84. The highest BCUT2D eigenvalue weighted by molar-refractivity contribution is 5.86. The van der Waals surface area contributed by atoms with Crippen LogP contribution in [0.4, 0.5) is 0 Å². The van der Waals surface area contributed by atoms with Crippen molar-refractivity contribution in [1.29, 1.82) is 0 Å². The first-order valence-electron chi connectivity index (χ1n) is 4.65. The Morgan fingerprint density at radius 1 is 1.13 bits per heavy atom. The zero-order valence-corrected chi connectivity index (χ0v) is 9.28. The Kier molecular flexibility index (Phi) is 9.05. The summed E-state index contributed by atoms with van der Waals surface area (Å²) >= 11 is 0. The summed E-state index contributed by atoms with van der Waals surface area (Å²) in [6, 6.07) is 0. The molecule has 0 fully saturated rings. The Morgan fingerprint density at radius 2 is 1.73 bits per heavy atom. The van der Waals surface area contributed by atoms with Crippen LogP contribution in [0.1, 0.15) is 6.92 Å². The monoisotopic (exact) mass is 218 g/mol. The molecular formula is C10H18O5. The van der Waals surface area contributed by atoms with Crippen LogP contribution in [0.15, 0.2) is 12.2 Å². The van der Waals surface area contributed by atoms with E-state index in [2.05, 4.69) is 6.58 Å². The first-order valence-corrected chi connectivity index (χ1v) is 4.65. The minimum absolute atomic E-state index is 0.0701. The number of esters is 1. The largest absolute Gasteiger partial charge is 0.435 e. The first kappa shape index (κ1) is 14.1. The summed E-state index contributed by atoms with van der Waals surface area (Å²) < 4.78 is 19.6. The molecule has 0 aromatic heterocycles. The van der Waals surface area contributed by atoms with Gasteiger partial charge in [-0.1, -0.05) is 6.58 Å². The van der Waals surface area contributed by atoms with E-state index in [0.717, 1.165) is 0 Å². The topological polar surface area (TPSA) is 54.0 Å². The quantitative estimate of drug-likeness (QED) is 0.247. The van der Waals surface area contributed by atoms with Crippen LogP contribution in [-0.2, 0) is 23.7 Å². The van der Waals surface area contributed by atoms with Crippen molar-refractivity contribution in [3.8, 4) is 0 Å². The Hall–Kier alpha value is -0.910. The average Bonchev–Trinajstić information content (AvgIpc) is 2.21. The highest BCUT2D eigenvalue weighted by Crippen LogP contribution is 1.91. The van der Waals surface area contributed by atoms with Gasteiger partial charge in [0.1, 0.15) is 0 Å². The van der Waals surface area contributed by atoms with E-state index >= 15 is 0 Å². The van der Waals surface area contributed by atoms with E-state index in [1.807, 2.05) is 0 Å². The minimum atomic E-state index is -0.449. The molecule has 0 rings (SSSR count). The summed E-state index contributed by atoms with van der Waals surface area (Å²) in [4.78, 5) is 10.9. The van der Waals surface area contributed by atoms with Gasteiger partial charge in [0.05, 0.1) is 26.4 Å². The third-order valence-corrected chi connectivity index (χ3v) is 1.43. The van der Waals surface area contributed by atoms with Crippen molar-refractivity contribution in [2.45, 2.75) is 6.92 Å². The third-order valence-electron chi connectivity index (χ3n) is 1.43. The molecule has 0 bridgehead atoms. The van der Waals surface area contributed by atoms with Crippen LogP contribution in [-0.4, -0.2) is 46.3 Å². The standard InChI is InChI=1S/C10H18O5/c1-9(2)10(11)15-8-14-7-6-13-5-4-12-3/h1,4-8H2,2-3H3. The van der Waals surface area contributed by atoms with E-state index in [-0.39, 0.29) is 6.79 Å². The zero-order chi connectivity index (χ0) is 11.5. The van der Waals surface area contributed by atoms with Gasteiger partial charge in [-0.3, -0.25) is 0 Å². The SMILES string of the molecule is C=C(C)C(=O)OCOCCOCCOC. The van der Waals surface area contributed by atoms with Gasteiger partial charge in [-0.15, -0.1) is 0 Å². The zero-order valence-electron chi connectivity index (χ0n) is 9.28. The molecule has 0 spiro atoms. The van der Waals surface area contributed by atoms with Gasteiger partial charge in [0.25, 0.3) is 0 Å². The predicted molar refractivity (Wildman–Crippen MR) is 54.4 cm³/mol. The van der Waals surface area contributed by atoms with Crippen LogP contribution in [0.3, 0.4) is 0 Å². The maximum Gasteiger partial charge on any atom is 0.335 e. The second-order valence-electron chi connectivity index (χ2n) is 2.84. The van der Waals surface area contributed by atoms with E-state index < -0.39 is 5.97 Å². The van der Waals surface area contributed by atoms with Crippen LogP contribution < -0.4 is 0 Å². The summed E-state index contributed by atoms with van der Waals surface area (Å²) in [7, 11) is 1.61. The number of carbonyl (C=O) groups is 1. The molecule has 0 atom stereocenters. The molecule has 0 aliphatic rings. The summed E-state index contributed by atoms with van der Waals surface area (Å²) in [5, 5.41) is 0. The van der Waals surface area contributed by atoms with Gasteiger partial charge in [0, 0.05) is 12.7 Å².